The molecule has 2 heterocycles. The second-order valence-electron chi connectivity index (χ2n) is 6.34. The van der Waals surface area contributed by atoms with Crippen molar-refractivity contribution < 1.29 is 28.9 Å². The van der Waals surface area contributed by atoms with Crippen LogP contribution in [0.4, 0.5) is 0 Å². The lowest BCUT2D eigenvalue weighted by molar-refractivity contribution is -0.460. The van der Waals surface area contributed by atoms with E-state index in [9.17, 15) is 5.11 Å². The summed E-state index contributed by atoms with van der Waals surface area (Å²) in [7, 11) is 4.99. The molecule has 21 heavy (non-hydrogen) atoms. The highest BCUT2D eigenvalue weighted by molar-refractivity contribution is 5.02. The fourth-order valence-corrected chi connectivity index (χ4v) is 3.59. The van der Waals surface area contributed by atoms with E-state index < -0.39 is 23.8 Å². The van der Waals surface area contributed by atoms with Gasteiger partial charge in [-0.25, -0.2) is 0 Å². The Morgan fingerprint density at radius 3 is 2.19 bits per heavy atom. The molecule has 1 saturated carbocycles. The van der Waals surface area contributed by atoms with E-state index in [1.165, 1.54) is 0 Å². The molecule has 0 aromatic carbocycles. The number of likely N-dealkylation sites (N-methyl/N-ethyl adjacent to an activating group) is 1. The van der Waals surface area contributed by atoms with Crippen molar-refractivity contribution in [3.05, 3.63) is 0 Å². The van der Waals surface area contributed by atoms with Gasteiger partial charge in [-0.1, -0.05) is 0 Å². The van der Waals surface area contributed by atoms with Gasteiger partial charge in [-0.05, 0) is 20.3 Å². The molecule has 0 spiro atoms. The maximum Gasteiger partial charge on any atom is 0.220 e. The van der Waals surface area contributed by atoms with E-state index in [1.807, 2.05) is 12.1 Å². The molecule has 0 amide bonds. The van der Waals surface area contributed by atoms with Crippen molar-refractivity contribution in [2.24, 2.45) is 0 Å². The highest BCUT2D eigenvalue weighted by Gasteiger charge is 2.61. The summed E-state index contributed by atoms with van der Waals surface area (Å²) >= 11 is 0. The van der Waals surface area contributed by atoms with E-state index in [0.717, 1.165) is 6.42 Å². The predicted octanol–water partition coefficient (Wildman–Crippen LogP) is 0.265. The van der Waals surface area contributed by atoms with Crippen molar-refractivity contribution in [1.29, 1.82) is 0 Å². The van der Waals surface area contributed by atoms with Crippen molar-refractivity contribution in [2.45, 2.75) is 68.7 Å². The van der Waals surface area contributed by atoms with Gasteiger partial charge >= 0.3 is 0 Å². The SMILES string of the molecule is CO[C@@]1(C)OC2C(O[C@]1(C)OC)[C@@H](O)C[C@@H]1C[C@H]2N(C)O1. The number of hydrogen-bond acceptors (Lipinski definition) is 7. The van der Waals surface area contributed by atoms with E-state index in [2.05, 4.69) is 0 Å². The van der Waals surface area contributed by atoms with Crippen molar-refractivity contribution in [3.63, 3.8) is 0 Å². The number of fused-ring (bicyclic) bond motifs is 4. The number of methoxy groups -OCH3 is 2. The third kappa shape index (κ3) is 2.23. The van der Waals surface area contributed by atoms with Gasteiger partial charge in [0.2, 0.25) is 11.6 Å². The Kier molecular flexibility index (Phi) is 3.81. The highest BCUT2D eigenvalue weighted by atomic mass is 16.8. The van der Waals surface area contributed by atoms with Gasteiger partial charge in [-0.2, -0.15) is 5.06 Å². The minimum absolute atomic E-state index is 0.00426. The summed E-state index contributed by atoms with van der Waals surface area (Å²) in [5.74, 6) is -2.15. The minimum atomic E-state index is -1.09. The van der Waals surface area contributed by atoms with Crippen molar-refractivity contribution >= 4 is 0 Å². The Balaban J connectivity index is 1.95. The zero-order valence-corrected chi connectivity index (χ0v) is 13.2. The Morgan fingerprint density at radius 2 is 1.62 bits per heavy atom. The van der Waals surface area contributed by atoms with E-state index in [-0.39, 0.29) is 18.2 Å². The molecule has 1 aliphatic carbocycles. The maximum atomic E-state index is 10.5. The lowest BCUT2D eigenvalue weighted by Gasteiger charge is -2.54. The number of ether oxygens (including phenoxy) is 4. The maximum absolute atomic E-state index is 10.5. The standard InChI is InChI=1S/C14H25NO6/c1-13(17-4)14(2,18-5)20-12-10(16)7-8-6-9(11(12)19-13)15(3)21-8/h8-12,16H,6-7H2,1-5H3/t8-,9+,10-,11?,12?,13-,14-/m0/s1. The van der Waals surface area contributed by atoms with Crippen molar-refractivity contribution in [2.75, 3.05) is 21.3 Å². The van der Waals surface area contributed by atoms with Crippen LogP contribution >= 0.6 is 0 Å². The van der Waals surface area contributed by atoms with Crippen LogP contribution in [0.2, 0.25) is 0 Å². The number of aliphatic hydroxyl groups excluding tert-OH is 1. The average Bonchev–Trinajstić information content (AvgIpc) is 2.75. The van der Waals surface area contributed by atoms with Crippen LogP contribution in [-0.4, -0.2) is 73.5 Å². The summed E-state index contributed by atoms with van der Waals surface area (Å²) < 4.78 is 23.4. The van der Waals surface area contributed by atoms with E-state index >= 15 is 0 Å². The summed E-state index contributed by atoms with van der Waals surface area (Å²) in [6, 6.07) is 0.0213. The number of aliphatic hydroxyl groups is 1. The zero-order chi connectivity index (χ0) is 15.4. The zero-order valence-electron chi connectivity index (χ0n) is 13.2. The van der Waals surface area contributed by atoms with Crippen LogP contribution in [0.1, 0.15) is 26.7 Å². The van der Waals surface area contributed by atoms with Gasteiger partial charge in [0.1, 0.15) is 12.2 Å². The summed E-state index contributed by atoms with van der Waals surface area (Å²) in [4.78, 5) is 5.73. The van der Waals surface area contributed by atoms with Crippen LogP contribution < -0.4 is 0 Å². The normalized spacial score (nSPS) is 54.3. The molecule has 7 nitrogen and oxygen atoms in total. The summed E-state index contributed by atoms with van der Waals surface area (Å²) in [5, 5.41) is 12.3. The Hall–Kier alpha value is -0.280. The molecule has 2 saturated heterocycles. The average molecular weight is 303 g/mol. The first-order valence-electron chi connectivity index (χ1n) is 7.37. The van der Waals surface area contributed by atoms with Gasteiger partial charge in [0.25, 0.3) is 0 Å². The molecule has 122 valence electrons. The molecular weight excluding hydrogens is 278 g/mol. The second kappa shape index (κ2) is 5.13. The third-order valence-electron chi connectivity index (χ3n) is 5.20. The molecule has 0 radical (unpaired) electrons. The van der Waals surface area contributed by atoms with Gasteiger partial charge in [0.15, 0.2) is 0 Å². The van der Waals surface area contributed by atoms with Crippen LogP contribution in [0.5, 0.6) is 0 Å². The molecule has 3 fully saturated rings. The predicted molar refractivity (Wildman–Crippen MR) is 72.2 cm³/mol. The smallest absolute Gasteiger partial charge is 0.220 e. The van der Waals surface area contributed by atoms with Gasteiger partial charge < -0.3 is 24.1 Å². The van der Waals surface area contributed by atoms with Crippen LogP contribution in [0, 0.1) is 0 Å². The largest absolute Gasteiger partial charge is 0.390 e. The van der Waals surface area contributed by atoms with E-state index in [1.54, 1.807) is 28.1 Å². The molecule has 7 heteroatoms. The van der Waals surface area contributed by atoms with E-state index in [0.29, 0.717) is 6.42 Å². The molecule has 2 unspecified atom stereocenters. The molecule has 3 rings (SSSR count). The number of rotatable bonds is 2. The monoisotopic (exact) mass is 303 g/mol. The Bertz CT molecular complexity index is 407. The van der Waals surface area contributed by atoms with Gasteiger partial charge in [0.05, 0.1) is 18.2 Å². The quantitative estimate of drug-likeness (QED) is 0.785. The lowest BCUT2D eigenvalue weighted by atomic mass is 9.96. The Morgan fingerprint density at radius 1 is 1.05 bits per heavy atom. The first-order chi connectivity index (χ1) is 9.83. The summed E-state index contributed by atoms with van der Waals surface area (Å²) in [5.41, 5.74) is 0. The summed E-state index contributed by atoms with van der Waals surface area (Å²) in [6.45, 7) is 3.56. The number of hydrogen-bond donors (Lipinski definition) is 1. The first kappa shape index (κ1) is 15.6. The number of hydroxylamine groups is 2. The molecule has 2 aliphatic heterocycles. The molecule has 0 aromatic heterocycles. The molecule has 0 aromatic rings. The topological polar surface area (TPSA) is 69.6 Å². The fourth-order valence-electron chi connectivity index (χ4n) is 3.59. The van der Waals surface area contributed by atoms with Crippen LogP contribution in [0.3, 0.4) is 0 Å². The first-order valence-corrected chi connectivity index (χ1v) is 7.37. The highest BCUT2D eigenvalue weighted by Crippen LogP contribution is 2.45. The van der Waals surface area contributed by atoms with Crippen molar-refractivity contribution in [1.82, 2.24) is 5.06 Å². The number of nitrogens with zero attached hydrogens (tertiary/aromatic N) is 1. The van der Waals surface area contributed by atoms with Gasteiger partial charge in [-0.15, -0.1) is 0 Å². The van der Waals surface area contributed by atoms with Crippen LogP contribution in [-0.2, 0) is 23.8 Å². The Labute approximate surface area is 125 Å². The van der Waals surface area contributed by atoms with Gasteiger partial charge in [-0.3, -0.25) is 4.84 Å². The van der Waals surface area contributed by atoms with Gasteiger partial charge in [0, 0.05) is 27.7 Å². The fraction of sp³-hybridized carbons (Fsp3) is 1.00. The van der Waals surface area contributed by atoms with Crippen LogP contribution in [0.25, 0.3) is 0 Å². The molecular formula is C14H25NO6. The van der Waals surface area contributed by atoms with Crippen molar-refractivity contribution in [3.8, 4) is 0 Å². The minimum Gasteiger partial charge on any atom is -0.390 e. The summed E-state index contributed by atoms with van der Waals surface area (Å²) in [6.07, 6.45) is -0.147. The second-order valence-corrected chi connectivity index (χ2v) is 6.34. The molecule has 2 bridgehead atoms. The molecule has 3 aliphatic rings. The lowest BCUT2D eigenvalue weighted by Crippen LogP contribution is -2.69. The molecule has 1 N–H and O–H groups in total. The third-order valence-corrected chi connectivity index (χ3v) is 5.20. The van der Waals surface area contributed by atoms with Crippen LogP contribution in [0.15, 0.2) is 0 Å². The molecule has 7 atom stereocenters. The van der Waals surface area contributed by atoms with E-state index in [4.69, 9.17) is 23.8 Å².